The van der Waals surface area contributed by atoms with Crippen LogP contribution in [0.15, 0.2) is 6.07 Å². The van der Waals surface area contributed by atoms with Gasteiger partial charge in [-0.25, -0.2) is 4.79 Å². The number of ketones is 1. The number of benzene rings is 1. The van der Waals surface area contributed by atoms with Crippen LogP contribution in [0.2, 0.25) is 0 Å². The second-order valence-electron chi connectivity index (χ2n) is 5.38. The van der Waals surface area contributed by atoms with Crippen LogP contribution in [0.5, 0.6) is 0 Å². The predicted molar refractivity (Wildman–Crippen MR) is 79.8 cm³/mol. The molecular weight excluding hydrogens is 270 g/mol. The lowest BCUT2D eigenvalue weighted by Gasteiger charge is -2.19. The van der Waals surface area contributed by atoms with Crippen LogP contribution < -0.4 is 5.32 Å². The number of cyclic esters (lactones) is 1. The highest BCUT2D eigenvalue weighted by Crippen LogP contribution is 2.28. The van der Waals surface area contributed by atoms with E-state index < -0.39 is 0 Å². The molecule has 1 N–H and O–H groups in total. The third-order valence-electron chi connectivity index (χ3n) is 3.93. The molecule has 5 heteroatoms. The molecule has 21 heavy (non-hydrogen) atoms. The van der Waals surface area contributed by atoms with Gasteiger partial charge in [-0.2, -0.15) is 0 Å². The first-order chi connectivity index (χ1) is 9.95. The number of nitrogens with one attached hydrogen (secondary N) is 1. The number of Topliss-reactive ketones (excluding diaryl/α,β-unsaturated/α-hetero) is 1. The summed E-state index contributed by atoms with van der Waals surface area (Å²) in [5.41, 5.74) is 4.42. The van der Waals surface area contributed by atoms with Gasteiger partial charge in [-0.3, -0.25) is 4.79 Å². The van der Waals surface area contributed by atoms with Crippen molar-refractivity contribution in [2.75, 3.05) is 25.6 Å². The number of carbonyl (C=O) groups excluding carboxylic acids is 2. The normalized spacial score (nSPS) is 17.7. The number of carbonyl (C=O) groups is 2. The summed E-state index contributed by atoms with van der Waals surface area (Å²) in [5, 5.41) is 3.25. The molecular formula is C16H21NO4. The highest BCUT2D eigenvalue weighted by molar-refractivity contribution is 5.99. The Morgan fingerprint density at radius 1 is 1.38 bits per heavy atom. The first-order valence-corrected chi connectivity index (χ1v) is 7.01. The number of rotatable bonds is 5. The Labute approximate surface area is 124 Å². The topological polar surface area (TPSA) is 64.6 Å². The van der Waals surface area contributed by atoms with Gasteiger partial charge in [0.05, 0.1) is 6.61 Å². The zero-order valence-electron chi connectivity index (χ0n) is 12.9. The van der Waals surface area contributed by atoms with Crippen molar-refractivity contribution in [1.82, 2.24) is 0 Å². The monoisotopic (exact) mass is 291 g/mol. The lowest BCUT2D eigenvalue weighted by Crippen LogP contribution is -2.25. The summed E-state index contributed by atoms with van der Waals surface area (Å²) in [6.07, 6.45) is 0.668. The Morgan fingerprint density at radius 2 is 2.10 bits per heavy atom. The summed E-state index contributed by atoms with van der Waals surface area (Å²) in [4.78, 5) is 23.6. The van der Waals surface area contributed by atoms with Gasteiger partial charge in [-0.15, -0.1) is 0 Å². The quantitative estimate of drug-likeness (QED) is 0.665. The first-order valence-electron chi connectivity index (χ1n) is 7.01. The number of ether oxygens (including phenoxy) is 2. The molecule has 1 heterocycles. The molecule has 114 valence electrons. The molecule has 0 aliphatic carbocycles. The van der Waals surface area contributed by atoms with Gasteiger partial charge in [0.2, 0.25) is 0 Å². The van der Waals surface area contributed by atoms with Crippen LogP contribution in [0.1, 0.15) is 33.5 Å². The van der Waals surface area contributed by atoms with E-state index in [-0.39, 0.29) is 24.4 Å². The molecule has 1 unspecified atom stereocenters. The lowest BCUT2D eigenvalue weighted by atomic mass is 9.94. The van der Waals surface area contributed by atoms with E-state index in [9.17, 15) is 9.59 Å². The third-order valence-corrected chi connectivity index (χ3v) is 3.93. The molecule has 0 spiro atoms. The molecule has 0 bridgehead atoms. The van der Waals surface area contributed by atoms with E-state index in [4.69, 9.17) is 9.47 Å². The van der Waals surface area contributed by atoms with Gasteiger partial charge in [-0.1, -0.05) is 0 Å². The molecule has 1 fully saturated rings. The van der Waals surface area contributed by atoms with Crippen LogP contribution in [0, 0.1) is 20.8 Å². The third kappa shape index (κ3) is 3.08. The summed E-state index contributed by atoms with van der Waals surface area (Å²) in [5.74, 6) is -0.251. The molecule has 1 aliphatic rings. The van der Waals surface area contributed by atoms with E-state index in [1.165, 1.54) is 7.11 Å². The van der Waals surface area contributed by atoms with Crippen molar-refractivity contribution in [1.29, 1.82) is 0 Å². The molecule has 0 saturated carbocycles. The average Bonchev–Trinajstić information content (AvgIpc) is 2.84. The molecule has 1 saturated heterocycles. The predicted octanol–water partition coefficient (Wildman–Crippen LogP) is 2.17. The Hall–Kier alpha value is -1.88. The fourth-order valence-electron chi connectivity index (χ4n) is 2.60. The van der Waals surface area contributed by atoms with Gasteiger partial charge >= 0.3 is 5.97 Å². The van der Waals surface area contributed by atoms with Gasteiger partial charge in [0.15, 0.2) is 5.78 Å². The fourth-order valence-corrected chi connectivity index (χ4v) is 2.60. The summed E-state index contributed by atoms with van der Waals surface area (Å²) in [7, 11) is 1.51. The van der Waals surface area contributed by atoms with Crippen LogP contribution >= 0.6 is 0 Å². The number of hydrogen-bond donors (Lipinski definition) is 1. The summed E-state index contributed by atoms with van der Waals surface area (Å²) in [6, 6.07) is 1.55. The van der Waals surface area contributed by atoms with Crippen molar-refractivity contribution >= 4 is 17.4 Å². The largest absolute Gasteiger partial charge is 0.464 e. The zero-order chi connectivity index (χ0) is 15.6. The molecule has 0 aromatic heterocycles. The van der Waals surface area contributed by atoms with Gasteiger partial charge in [0, 0.05) is 24.8 Å². The lowest BCUT2D eigenvalue weighted by molar-refractivity contribution is -0.138. The van der Waals surface area contributed by atoms with Crippen LogP contribution in [-0.2, 0) is 14.3 Å². The Bertz CT molecular complexity index is 580. The molecule has 1 aliphatic heterocycles. The van der Waals surface area contributed by atoms with E-state index in [0.29, 0.717) is 18.6 Å². The van der Waals surface area contributed by atoms with E-state index in [1.54, 1.807) is 0 Å². The van der Waals surface area contributed by atoms with Crippen molar-refractivity contribution in [3.05, 3.63) is 28.3 Å². The van der Waals surface area contributed by atoms with Gasteiger partial charge < -0.3 is 14.8 Å². The maximum Gasteiger partial charge on any atom is 0.328 e. The highest BCUT2D eigenvalue weighted by atomic mass is 16.5. The summed E-state index contributed by atoms with van der Waals surface area (Å²) in [6.45, 7) is 6.32. The van der Waals surface area contributed by atoms with Crippen molar-refractivity contribution in [3.63, 3.8) is 0 Å². The molecule has 0 amide bonds. The van der Waals surface area contributed by atoms with Crippen molar-refractivity contribution in [2.45, 2.75) is 33.2 Å². The second kappa shape index (κ2) is 6.26. The average molecular weight is 291 g/mol. The van der Waals surface area contributed by atoms with Gasteiger partial charge in [0.1, 0.15) is 12.6 Å². The van der Waals surface area contributed by atoms with Crippen molar-refractivity contribution in [3.8, 4) is 0 Å². The number of hydrogen-bond acceptors (Lipinski definition) is 5. The van der Waals surface area contributed by atoms with E-state index in [2.05, 4.69) is 5.32 Å². The second-order valence-corrected chi connectivity index (χ2v) is 5.38. The number of anilines is 1. The minimum Gasteiger partial charge on any atom is -0.464 e. The SMILES string of the molecule is COCC(=O)c1cc(C)c(NC2CCOC2=O)c(C)c1C. The van der Waals surface area contributed by atoms with Gasteiger partial charge in [-0.05, 0) is 43.5 Å². The van der Waals surface area contributed by atoms with Crippen LogP contribution in [0.3, 0.4) is 0 Å². The number of methoxy groups -OCH3 is 1. The van der Waals surface area contributed by atoms with Gasteiger partial charge in [0.25, 0.3) is 0 Å². The maximum atomic E-state index is 12.1. The van der Waals surface area contributed by atoms with E-state index in [1.807, 2.05) is 26.8 Å². The summed E-state index contributed by atoms with van der Waals surface area (Å²) < 4.78 is 9.89. The molecule has 1 aromatic rings. The van der Waals surface area contributed by atoms with Crippen molar-refractivity contribution in [2.24, 2.45) is 0 Å². The minimum absolute atomic E-state index is 0.0342. The zero-order valence-corrected chi connectivity index (χ0v) is 12.9. The molecule has 1 aromatic carbocycles. The maximum absolute atomic E-state index is 12.1. The standard InChI is InChI=1S/C16H21NO4/c1-9-7-12(14(18)8-20-4)10(2)11(3)15(9)17-13-5-6-21-16(13)19/h7,13,17H,5-6,8H2,1-4H3. The fraction of sp³-hybridized carbons (Fsp3) is 0.500. The molecule has 1 atom stereocenters. The molecule has 2 rings (SSSR count). The van der Waals surface area contributed by atoms with Crippen molar-refractivity contribution < 1.29 is 19.1 Å². The smallest absolute Gasteiger partial charge is 0.328 e. The first kappa shape index (κ1) is 15.5. The van der Waals surface area contributed by atoms with Crippen LogP contribution in [-0.4, -0.2) is 38.1 Å². The summed E-state index contributed by atoms with van der Waals surface area (Å²) >= 11 is 0. The van der Waals surface area contributed by atoms with E-state index in [0.717, 1.165) is 22.4 Å². The number of aryl methyl sites for hydroxylation is 1. The highest BCUT2D eigenvalue weighted by Gasteiger charge is 2.27. The Balaban J connectivity index is 2.33. The van der Waals surface area contributed by atoms with E-state index >= 15 is 0 Å². The minimum atomic E-state index is -0.303. The van der Waals surface area contributed by atoms with Crippen LogP contribution in [0.25, 0.3) is 0 Å². The Morgan fingerprint density at radius 3 is 2.67 bits per heavy atom. The Kier molecular flexibility index (Phi) is 4.63. The van der Waals surface area contributed by atoms with Crippen LogP contribution in [0.4, 0.5) is 5.69 Å². The molecule has 0 radical (unpaired) electrons. The molecule has 5 nitrogen and oxygen atoms in total. The number of esters is 1.